The lowest BCUT2D eigenvalue weighted by molar-refractivity contribution is -0.164. The minimum absolute atomic E-state index is 0.0146. The van der Waals surface area contributed by atoms with Crippen LogP contribution in [0.1, 0.15) is 108 Å². The van der Waals surface area contributed by atoms with Gasteiger partial charge < -0.3 is 40.2 Å². The Hall–Kier alpha value is -5.53. The first-order chi connectivity index (χ1) is 32.1. The predicted molar refractivity (Wildman–Crippen MR) is 262 cm³/mol. The first-order valence-corrected chi connectivity index (χ1v) is 24.4. The molecule has 2 heterocycles. The van der Waals surface area contributed by atoms with Crippen molar-refractivity contribution >= 4 is 46.6 Å². The van der Waals surface area contributed by atoms with Crippen LogP contribution in [0.25, 0.3) is 10.4 Å². The Balaban J connectivity index is 0.893. The molecule has 1 aromatic heterocycles. The van der Waals surface area contributed by atoms with Crippen molar-refractivity contribution in [2.24, 2.45) is 16.2 Å². The van der Waals surface area contributed by atoms with E-state index < -0.39 is 46.2 Å². The number of aromatic nitrogens is 1. The maximum absolute atomic E-state index is 14.0. The molecule has 1 saturated heterocycles. The Labute approximate surface area is 409 Å². The van der Waals surface area contributed by atoms with Crippen molar-refractivity contribution in [2.45, 2.75) is 131 Å². The summed E-state index contributed by atoms with van der Waals surface area (Å²) in [5.74, 6) is -0.236. The molecule has 1 aliphatic heterocycles. The lowest BCUT2D eigenvalue weighted by Crippen LogP contribution is -2.74. The van der Waals surface area contributed by atoms with Crippen molar-refractivity contribution in [3.63, 3.8) is 0 Å². The highest BCUT2D eigenvalue weighted by molar-refractivity contribution is 7.13. The summed E-state index contributed by atoms with van der Waals surface area (Å²) in [5.41, 5.74) is 4.12. The fraction of sp³-hybridized carbons (Fsp3) is 0.500. The molecule has 68 heavy (non-hydrogen) atoms. The second kappa shape index (κ2) is 21.8. The smallest absolute Gasteiger partial charge is 0.251 e. The molecule has 16 heteroatoms. The number of nitrogens with one attached hydrogen (secondary N) is 3. The van der Waals surface area contributed by atoms with E-state index in [9.17, 15) is 29.5 Å². The van der Waals surface area contributed by atoms with Crippen LogP contribution in [0.4, 0.5) is 0 Å². The number of halogens is 1. The summed E-state index contributed by atoms with van der Waals surface area (Å²) in [6.07, 6.45) is 1.09. The third-order valence-electron chi connectivity index (χ3n) is 13.0. The zero-order chi connectivity index (χ0) is 49.6. The van der Waals surface area contributed by atoms with E-state index in [1.54, 1.807) is 53.8 Å². The maximum Gasteiger partial charge on any atom is 0.251 e. The van der Waals surface area contributed by atoms with Crippen molar-refractivity contribution in [1.29, 1.82) is 5.26 Å². The number of unbranched alkanes of at least 4 members (excludes halogenated alkanes) is 1. The van der Waals surface area contributed by atoms with E-state index in [2.05, 4.69) is 54.7 Å². The van der Waals surface area contributed by atoms with Crippen LogP contribution in [0.3, 0.4) is 0 Å². The molecule has 6 rings (SSSR count). The van der Waals surface area contributed by atoms with Crippen molar-refractivity contribution in [3.05, 3.63) is 99.6 Å². The lowest BCUT2D eigenvalue weighted by atomic mass is 9.49. The number of rotatable bonds is 19. The molecule has 0 bridgehead atoms. The average Bonchev–Trinajstić information content (AvgIpc) is 3.91. The standard InChI is InChI=1S/C52H65ClN6O8S/c1-31(66-38-20-17-35(18-21-38)45(62)58-48-51(6,7)49(52(48,8)9)67-39-22-19-36(26-54)40(53)25-39)12-10-11-23-65-29-42(61)57-44(50(3,4)5)47(64)59-28-37(60)24-41(59)46(63)55-27-33-13-15-34(16-14-33)43-32(2)56-30-68-43/h13-22,25,30-31,37,41,44,48-49,60H,10-12,23-24,27-29H2,1-9H3,(H,55,63)(H,57,61)(H,58,62)/t31-,37+,41-,44+,48-,49-/m0/s1. The molecule has 0 unspecified atom stereocenters. The number of nitriles is 1. The monoisotopic (exact) mass is 968 g/mol. The summed E-state index contributed by atoms with van der Waals surface area (Å²) in [4.78, 5) is 60.8. The number of likely N-dealkylation sites (tertiary alicyclic amines) is 1. The molecule has 4 atom stereocenters. The molecule has 4 N–H and O–H groups in total. The SMILES string of the molecule is Cc1ncsc1-c1ccc(CNC(=O)[C@@H]2C[C@@H](O)CN2C(=O)[C@@H](NC(=O)COCCCC[C@H](C)Oc2ccc(C(=O)N[C@H]3C(C)(C)[C@H](Oc4ccc(C#N)c(Cl)c4)C3(C)C)cc2)C(C)(C)C)cc1. The number of carbonyl (C=O) groups excluding carboxylic acids is 4. The number of amides is 4. The van der Waals surface area contributed by atoms with E-state index in [1.165, 1.54) is 4.90 Å². The summed E-state index contributed by atoms with van der Waals surface area (Å²) >= 11 is 7.81. The highest BCUT2D eigenvalue weighted by atomic mass is 35.5. The Morgan fingerprint density at radius 1 is 1.00 bits per heavy atom. The number of thiazole rings is 1. The van der Waals surface area contributed by atoms with E-state index in [0.717, 1.165) is 34.5 Å². The molecule has 4 aromatic rings. The van der Waals surface area contributed by atoms with Crippen LogP contribution in [-0.2, 0) is 25.7 Å². The number of β-amino-alcohol motifs (C(OH)–C–C–N with tert-alkyl or cyclic N) is 1. The second-order valence-electron chi connectivity index (χ2n) is 20.2. The number of nitrogens with zero attached hydrogens (tertiary/aromatic N) is 3. The molecular weight excluding hydrogens is 904 g/mol. The summed E-state index contributed by atoms with van der Waals surface area (Å²) in [7, 11) is 0. The fourth-order valence-electron chi connectivity index (χ4n) is 9.57. The number of carbonyl (C=O) groups is 4. The molecular formula is C52H65ClN6O8S. The van der Waals surface area contributed by atoms with Crippen molar-refractivity contribution in [2.75, 3.05) is 19.8 Å². The van der Waals surface area contributed by atoms with Gasteiger partial charge in [-0.1, -0.05) is 84.3 Å². The van der Waals surface area contributed by atoms with Gasteiger partial charge in [0.25, 0.3) is 5.91 Å². The van der Waals surface area contributed by atoms with Crippen LogP contribution in [0.15, 0.2) is 72.2 Å². The molecule has 0 spiro atoms. The number of hydrogen-bond donors (Lipinski definition) is 4. The van der Waals surface area contributed by atoms with Gasteiger partial charge in [-0.25, -0.2) is 4.98 Å². The third kappa shape index (κ3) is 12.4. The molecule has 1 saturated carbocycles. The van der Waals surface area contributed by atoms with Gasteiger partial charge in [-0.05, 0) is 86.1 Å². The van der Waals surface area contributed by atoms with Crippen molar-refractivity contribution < 1.29 is 38.5 Å². The summed E-state index contributed by atoms with van der Waals surface area (Å²) in [6.45, 7) is 18.0. The maximum atomic E-state index is 14.0. The van der Waals surface area contributed by atoms with E-state index in [4.69, 9.17) is 25.8 Å². The summed E-state index contributed by atoms with van der Waals surface area (Å²) in [5, 5.41) is 29.1. The van der Waals surface area contributed by atoms with Crippen molar-refractivity contribution in [3.8, 4) is 28.0 Å². The van der Waals surface area contributed by atoms with Crippen LogP contribution in [0.2, 0.25) is 5.02 Å². The lowest BCUT2D eigenvalue weighted by Gasteiger charge is -2.63. The van der Waals surface area contributed by atoms with Gasteiger partial charge >= 0.3 is 0 Å². The number of hydrogen-bond acceptors (Lipinski definition) is 11. The van der Waals surface area contributed by atoms with Gasteiger partial charge in [-0.15, -0.1) is 11.3 Å². The molecule has 3 aromatic carbocycles. The Bertz CT molecular complexity index is 2450. The molecule has 364 valence electrons. The molecule has 2 aliphatic rings. The van der Waals surface area contributed by atoms with Crippen LogP contribution >= 0.6 is 22.9 Å². The third-order valence-corrected chi connectivity index (χ3v) is 14.3. The summed E-state index contributed by atoms with van der Waals surface area (Å²) < 4.78 is 18.2. The van der Waals surface area contributed by atoms with Gasteiger partial charge in [0.05, 0.1) is 38.9 Å². The number of benzene rings is 3. The minimum Gasteiger partial charge on any atom is -0.491 e. The highest BCUT2D eigenvalue weighted by Crippen LogP contribution is 2.55. The normalized spacial score (nSPS) is 20.3. The Morgan fingerprint density at radius 2 is 1.68 bits per heavy atom. The first-order valence-electron chi connectivity index (χ1n) is 23.2. The van der Waals surface area contributed by atoms with Gasteiger partial charge in [0.2, 0.25) is 17.7 Å². The number of aliphatic hydroxyl groups is 1. The van der Waals surface area contributed by atoms with Crippen LogP contribution in [0.5, 0.6) is 11.5 Å². The van der Waals surface area contributed by atoms with Crippen LogP contribution in [0, 0.1) is 34.5 Å². The second-order valence-corrected chi connectivity index (χ2v) is 21.5. The number of aliphatic hydroxyl groups excluding tert-OH is 1. The van der Waals surface area contributed by atoms with Gasteiger partial charge in [0.15, 0.2) is 0 Å². The van der Waals surface area contributed by atoms with Gasteiger partial charge in [-0.2, -0.15) is 5.26 Å². The number of aryl methyl sites for hydroxylation is 1. The van der Waals surface area contributed by atoms with Gasteiger partial charge in [0, 0.05) is 54.6 Å². The van der Waals surface area contributed by atoms with E-state index in [-0.39, 0.29) is 56.2 Å². The van der Waals surface area contributed by atoms with Crippen molar-refractivity contribution in [1.82, 2.24) is 25.8 Å². The summed E-state index contributed by atoms with van der Waals surface area (Å²) in [6, 6.07) is 20.0. The highest BCUT2D eigenvalue weighted by Gasteiger charge is 2.64. The topological polar surface area (TPSA) is 192 Å². The fourth-order valence-corrected chi connectivity index (χ4v) is 10.6. The molecule has 2 fully saturated rings. The first kappa shape index (κ1) is 51.9. The molecule has 0 radical (unpaired) electrons. The minimum atomic E-state index is -0.957. The molecule has 14 nitrogen and oxygen atoms in total. The van der Waals surface area contributed by atoms with Crippen LogP contribution in [-0.4, -0.2) is 94.8 Å². The quantitative estimate of drug-likeness (QED) is 0.0670. The van der Waals surface area contributed by atoms with Gasteiger partial charge in [-0.3, -0.25) is 19.2 Å². The zero-order valence-electron chi connectivity index (χ0n) is 40.5. The van der Waals surface area contributed by atoms with E-state index >= 15 is 0 Å². The predicted octanol–water partition coefficient (Wildman–Crippen LogP) is 8.02. The van der Waals surface area contributed by atoms with Gasteiger partial charge in [0.1, 0.15) is 42.4 Å². The Morgan fingerprint density at radius 3 is 2.29 bits per heavy atom. The van der Waals surface area contributed by atoms with E-state index in [0.29, 0.717) is 40.7 Å². The number of ether oxygens (including phenoxy) is 3. The molecule has 1 aliphatic carbocycles. The van der Waals surface area contributed by atoms with E-state index in [1.807, 2.05) is 64.4 Å². The Kier molecular flexibility index (Phi) is 16.6. The average molecular weight is 970 g/mol. The zero-order valence-corrected chi connectivity index (χ0v) is 42.1. The molecule has 4 amide bonds. The van der Waals surface area contributed by atoms with Crippen LogP contribution < -0.4 is 25.4 Å². The largest absolute Gasteiger partial charge is 0.491 e.